The van der Waals surface area contributed by atoms with Crippen LogP contribution in [-0.4, -0.2) is 34.7 Å². The average Bonchev–Trinajstić information content (AvgIpc) is 2.34. The maximum Gasteiger partial charge on any atom is 0.328 e. The van der Waals surface area contributed by atoms with Crippen LogP contribution in [0.2, 0.25) is 0 Å². The van der Waals surface area contributed by atoms with E-state index in [2.05, 4.69) is 21.2 Å². The van der Waals surface area contributed by atoms with Crippen LogP contribution in [0.4, 0.5) is 0 Å². The molecule has 19 heavy (non-hydrogen) atoms. The molecule has 3 N–H and O–H groups in total. The second-order valence-corrected chi connectivity index (χ2v) is 4.79. The normalized spacial score (nSPS) is 12.4. The van der Waals surface area contributed by atoms with E-state index in [-0.39, 0.29) is 0 Å². The highest BCUT2D eigenvalue weighted by Gasteiger charge is 2.17. The molecule has 0 aliphatic carbocycles. The third kappa shape index (κ3) is 4.84. The first-order chi connectivity index (χ1) is 8.93. The number of aryl methyl sites for hydroxylation is 1. The summed E-state index contributed by atoms with van der Waals surface area (Å²) in [5.74, 6) is -1.85. The van der Waals surface area contributed by atoms with Crippen LogP contribution in [0.15, 0.2) is 28.7 Å². The molecular formula is C13H14BrNO4. The van der Waals surface area contributed by atoms with Crippen LogP contribution in [0.25, 0.3) is 6.08 Å². The van der Waals surface area contributed by atoms with Gasteiger partial charge in [-0.2, -0.15) is 0 Å². The van der Waals surface area contributed by atoms with E-state index in [0.29, 0.717) is 0 Å². The van der Waals surface area contributed by atoms with Gasteiger partial charge in [-0.25, -0.2) is 4.79 Å². The minimum atomic E-state index is -1.29. The van der Waals surface area contributed by atoms with Crippen molar-refractivity contribution in [3.8, 4) is 0 Å². The largest absolute Gasteiger partial charge is 0.480 e. The minimum absolute atomic E-state index is 0.575. The van der Waals surface area contributed by atoms with Crippen LogP contribution in [0.5, 0.6) is 0 Å². The number of carbonyl (C=O) groups excluding carboxylic acids is 1. The lowest BCUT2D eigenvalue weighted by Gasteiger charge is -2.09. The van der Waals surface area contributed by atoms with Crippen molar-refractivity contribution < 1.29 is 19.8 Å². The molecule has 1 aromatic carbocycles. The van der Waals surface area contributed by atoms with Gasteiger partial charge in [0.2, 0.25) is 5.91 Å². The molecule has 1 aromatic rings. The number of carbonyl (C=O) groups is 2. The molecule has 0 saturated carbocycles. The van der Waals surface area contributed by atoms with Crippen LogP contribution >= 0.6 is 15.9 Å². The van der Waals surface area contributed by atoms with Crippen LogP contribution in [0, 0.1) is 6.92 Å². The van der Waals surface area contributed by atoms with Crippen molar-refractivity contribution in [1.29, 1.82) is 0 Å². The summed E-state index contributed by atoms with van der Waals surface area (Å²) < 4.78 is 0.841. The number of carboxylic acid groups (broad SMARTS) is 1. The third-order valence-electron chi connectivity index (χ3n) is 2.37. The molecule has 0 aromatic heterocycles. The number of nitrogens with one attached hydrogen (secondary N) is 1. The summed E-state index contributed by atoms with van der Waals surface area (Å²) in [6.45, 7) is 1.30. The number of hydrogen-bond donors (Lipinski definition) is 3. The van der Waals surface area contributed by atoms with Gasteiger partial charge in [-0.3, -0.25) is 4.79 Å². The second kappa shape index (κ2) is 7.06. The topological polar surface area (TPSA) is 86.6 Å². The minimum Gasteiger partial charge on any atom is -0.480 e. The molecule has 0 heterocycles. The molecule has 0 fully saturated rings. The van der Waals surface area contributed by atoms with Crippen molar-refractivity contribution in [2.24, 2.45) is 0 Å². The van der Waals surface area contributed by atoms with Gasteiger partial charge in [0.05, 0.1) is 6.61 Å². The Labute approximate surface area is 119 Å². The number of rotatable bonds is 5. The molecule has 102 valence electrons. The zero-order valence-electron chi connectivity index (χ0n) is 10.3. The first kappa shape index (κ1) is 15.4. The van der Waals surface area contributed by atoms with Gasteiger partial charge in [0, 0.05) is 10.5 Å². The number of halogens is 1. The molecule has 0 bridgehead atoms. The maximum absolute atomic E-state index is 11.5. The fourth-order valence-electron chi connectivity index (χ4n) is 1.34. The molecule has 0 aliphatic rings. The Hall–Kier alpha value is -1.66. The molecule has 1 amide bonds. The molecule has 1 atom stereocenters. The summed E-state index contributed by atoms with van der Waals surface area (Å²) in [5, 5.41) is 19.6. The zero-order valence-corrected chi connectivity index (χ0v) is 11.8. The molecule has 0 aliphatic heterocycles. The molecule has 0 unspecified atom stereocenters. The van der Waals surface area contributed by atoms with E-state index in [9.17, 15) is 9.59 Å². The Kier molecular flexibility index (Phi) is 5.72. The van der Waals surface area contributed by atoms with Gasteiger partial charge in [0.25, 0.3) is 0 Å². The van der Waals surface area contributed by atoms with E-state index in [1.807, 2.05) is 25.1 Å². The Bertz CT molecular complexity index is 513. The standard InChI is InChI=1S/C13H14BrNO4/c1-8-2-3-9(10(14)6-8)4-5-12(17)15-11(7-16)13(18)19/h2-6,11,16H,7H2,1H3,(H,15,17)(H,18,19)/b5-4+/t11-/m0/s1. The average molecular weight is 328 g/mol. The summed E-state index contributed by atoms with van der Waals surface area (Å²) in [4.78, 5) is 22.1. The number of hydrogen-bond acceptors (Lipinski definition) is 3. The first-order valence-corrected chi connectivity index (χ1v) is 6.31. The lowest BCUT2D eigenvalue weighted by atomic mass is 10.1. The van der Waals surface area contributed by atoms with Crippen LogP contribution < -0.4 is 5.32 Å². The van der Waals surface area contributed by atoms with Crippen molar-refractivity contribution >= 4 is 33.9 Å². The highest BCUT2D eigenvalue weighted by molar-refractivity contribution is 9.10. The van der Waals surface area contributed by atoms with Gasteiger partial charge in [-0.05, 0) is 30.2 Å². The SMILES string of the molecule is Cc1ccc(/C=C/C(=O)N[C@@H](CO)C(=O)O)c(Br)c1. The van der Waals surface area contributed by atoms with Crippen LogP contribution in [0.3, 0.4) is 0 Å². The fourth-order valence-corrected chi connectivity index (χ4v) is 1.96. The Morgan fingerprint density at radius 3 is 2.68 bits per heavy atom. The molecule has 0 radical (unpaired) electrons. The van der Waals surface area contributed by atoms with Gasteiger partial charge in [0.1, 0.15) is 0 Å². The van der Waals surface area contributed by atoms with Gasteiger partial charge < -0.3 is 15.5 Å². The van der Waals surface area contributed by atoms with Gasteiger partial charge in [0.15, 0.2) is 6.04 Å². The zero-order chi connectivity index (χ0) is 14.4. The van der Waals surface area contributed by atoms with E-state index < -0.39 is 24.5 Å². The van der Waals surface area contributed by atoms with E-state index in [4.69, 9.17) is 10.2 Å². The maximum atomic E-state index is 11.5. The predicted octanol–water partition coefficient (Wildman–Crippen LogP) is 1.33. The number of aliphatic carboxylic acids is 1. The lowest BCUT2D eigenvalue weighted by molar-refractivity contribution is -0.142. The molecule has 5 nitrogen and oxygen atoms in total. The fraction of sp³-hybridized carbons (Fsp3) is 0.231. The highest BCUT2D eigenvalue weighted by Crippen LogP contribution is 2.19. The number of aliphatic hydroxyl groups is 1. The second-order valence-electron chi connectivity index (χ2n) is 3.94. The predicted molar refractivity (Wildman–Crippen MR) is 74.6 cm³/mol. The Balaban J connectivity index is 2.70. The summed E-state index contributed by atoms with van der Waals surface area (Å²) in [6.07, 6.45) is 2.79. The number of aliphatic hydroxyl groups excluding tert-OH is 1. The van der Waals surface area contributed by atoms with E-state index in [0.717, 1.165) is 15.6 Å². The van der Waals surface area contributed by atoms with Crippen molar-refractivity contribution in [2.75, 3.05) is 6.61 Å². The molecular weight excluding hydrogens is 314 g/mol. The van der Waals surface area contributed by atoms with E-state index in [1.165, 1.54) is 6.08 Å². The Morgan fingerprint density at radius 1 is 1.47 bits per heavy atom. The summed E-state index contributed by atoms with van der Waals surface area (Å²) in [7, 11) is 0. The molecule has 6 heteroatoms. The van der Waals surface area contributed by atoms with Crippen LogP contribution in [-0.2, 0) is 9.59 Å². The number of amides is 1. The lowest BCUT2D eigenvalue weighted by Crippen LogP contribution is -2.42. The van der Waals surface area contributed by atoms with Crippen molar-refractivity contribution in [1.82, 2.24) is 5.32 Å². The molecule has 0 spiro atoms. The third-order valence-corrected chi connectivity index (χ3v) is 3.05. The van der Waals surface area contributed by atoms with Crippen molar-refractivity contribution in [3.63, 3.8) is 0 Å². The van der Waals surface area contributed by atoms with Crippen LogP contribution in [0.1, 0.15) is 11.1 Å². The van der Waals surface area contributed by atoms with Gasteiger partial charge in [-0.1, -0.05) is 28.1 Å². The van der Waals surface area contributed by atoms with Gasteiger partial charge >= 0.3 is 5.97 Å². The smallest absolute Gasteiger partial charge is 0.328 e. The summed E-state index contributed by atoms with van der Waals surface area (Å²) in [6, 6.07) is 4.35. The van der Waals surface area contributed by atoms with E-state index in [1.54, 1.807) is 6.08 Å². The number of benzene rings is 1. The monoisotopic (exact) mass is 327 g/mol. The van der Waals surface area contributed by atoms with Crippen molar-refractivity contribution in [2.45, 2.75) is 13.0 Å². The Morgan fingerprint density at radius 2 is 2.16 bits per heavy atom. The summed E-state index contributed by atoms with van der Waals surface area (Å²) >= 11 is 3.37. The summed E-state index contributed by atoms with van der Waals surface area (Å²) in [5.41, 5.74) is 1.89. The quantitative estimate of drug-likeness (QED) is 0.712. The highest BCUT2D eigenvalue weighted by atomic mass is 79.9. The van der Waals surface area contributed by atoms with Crippen molar-refractivity contribution in [3.05, 3.63) is 39.9 Å². The van der Waals surface area contributed by atoms with Gasteiger partial charge in [-0.15, -0.1) is 0 Å². The molecule has 1 rings (SSSR count). The molecule has 0 saturated heterocycles. The number of carboxylic acids is 1. The van der Waals surface area contributed by atoms with E-state index >= 15 is 0 Å². The first-order valence-electron chi connectivity index (χ1n) is 5.52.